The van der Waals surface area contributed by atoms with Gasteiger partial charge in [0.1, 0.15) is 0 Å². The Kier molecular flexibility index (Phi) is 4.14. The lowest BCUT2D eigenvalue weighted by molar-refractivity contribution is -0.287. The molecule has 2 N–H and O–H groups in total. The van der Waals surface area contributed by atoms with E-state index in [9.17, 15) is 18.7 Å². The Bertz CT molecular complexity index is 973. The summed E-state index contributed by atoms with van der Waals surface area (Å²) in [6.07, 6.45) is 4.54. The van der Waals surface area contributed by atoms with E-state index in [-0.39, 0.29) is 41.6 Å². The number of benzene rings is 1. The Balaban J connectivity index is 1.07. The van der Waals surface area contributed by atoms with Crippen molar-refractivity contribution in [2.75, 3.05) is 0 Å². The molecule has 1 aromatic carbocycles. The van der Waals surface area contributed by atoms with Gasteiger partial charge in [0.25, 0.3) is 0 Å². The van der Waals surface area contributed by atoms with Crippen LogP contribution in [-0.4, -0.2) is 46.1 Å². The molecule has 6 nitrogen and oxygen atoms in total. The van der Waals surface area contributed by atoms with E-state index in [4.69, 9.17) is 4.74 Å². The van der Waals surface area contributed by atoms with Crippen molar-refractivity contribution in [3.05, 3.63) is 23.8 Å². The second-order valence-corrected chi connectivity index (χ2v) is 11.5. The second-order valence-electron chi connectivity index (χ2n) is 11.5. The summed E-state index contributed by atoms with van der Waals surface area (Å²) in [5.74, 6) is 1.68. The van der Waals surface area contributed by atoms with Gasteiger partial charge in [-0.3, -0.25) is 0 Å². The topological polar surface area (TPSA) is 71.0 Å². The number of piperidine rings is 1. The molecule has 0 radical (unpaired) electrons. The predicted molar refractivity (Wildman–Crippen MR) is 114 cm³/mol. The van der Waals surface area contributed by atoms with Crippen molar-refractivity contribution in [1.29, 1.82) is 0 Å². The molecule has 33 heavy (non-hydrogen) atoms. The average Bonchev–Trinajstić information content (AvgIpc) is 3.20. The predicted octanol–water partition coefficient (Wildman–Crippen LogP) is 4.37. The van der Waals surface area contributed by atoms with E-state index in [1.807, 2.05) is 11.0 Å². The summed E-state index contributed by atoms with van der Waals surface area (Å²) in [7, 11) is 0. The molecular weight excluding hydrogens is 430 g/mol. The number of nitrogens with one attached hydrogen (secondary N) is 1. The number of ether oxygens (including phenoxy) is 2. The number of urea groups is 1. The second kappa shape index (κ2) is 6.74. The quantitative estimate of drug-likeness (QED) is 0.688. The van der Waals surface area contributed by atoms with Crippen molar-refractivity contribution in [2.24, 2.45) is 17.8 Å². The first-order valence-electron chi connectivity index (χ1n) is 12.5. The number of hydrogen-bond acceptors (Lipinski definition) is 4. The molecule has 178 valence electrons. The van der Waals surface area contributed by atoms with Gasteiger partial charge in [0.05, 0.1) is 5.60 Å². The maximum Gasteiger partial charge on any atom is 0.586 e. The van der Waals surface area contributed by atoms with Gasteiger partial charge in [0.15, 0.2) is 11.5 Å². The van der Waals surface area contributed by atoms with Crippen LogP contribution in [0.15, 0.2) is 18.2 Å². The lowest BCUT2D eigenvalue weighted by Crippen LogP contribution is -2.63. The van der Waals surface area contributed by atoms with Crippen molar-refractivity contribution < 1.29 is 28.2 Å². The number of aliphatic hydroxyl groups is 1. The third kappa shape index (κ3) is 3.16. The van der Waals surface area contributed by atoms with Crippen LogP contribution in [0.1, 0.15) is 69.3 Å². The van der Waals surface area contributed by atoms with Crippen molar-refractivity contribution in [1.82, 2.24) is 10.2 Å². The molecule has 4 saturated carbocycles. The molecule has 0 spiro atoms. The normalized spacial score (nSPS) is 43.7. The van der Waals surface area contributed by atoms with Crippen molar-refractivity contribution in [2.45, 2.75) is 93.7 Å². The third-order valence-electron chi connectivity index (χ3n) is 9.40. The molecular formula is C25H30F2N2O4. The maximum absolute atomic E-state index is 13.7. The number of rotatable bonds is 2. The van der Waals surface area contributed by atoms with Crippen LogP contribution in [0.4, 0.5) is 13.6 Å². The molecule has 1 aromatic rings. The molecule has 2 saturated heterocycles. The van der Waals surface area contributed by atoms with Crippen LogP contribution in [0, 0.1) is 17.8 Å². The highest BCUT2D eigenvalue weighted by Gasteiger charge is 2.56. The molecule has 7 aliphatic rings. The van der Waals surface area contributed by atoms with E-state index in [0.717, 1.165) is 63.4 Å². The van der Waals surface area contributed by atoms with E-state index < -0.39 is 11.9 Å². The fourth-order valence-corrected chi connectivity index (χ4v) is 8.51. The zero-order valence-corrected chi connectivity index (χ0v) is 18.5. The summed E-state index contributed by atoms with van der Waals surface area (Å²) < 4.78 is 36.8. The number of hydrogen-bond donors (Lipinski definition) is 2. The summed E-state index contributed by atoms with van der Waals surface area (Å²) in [5, 5.41) is 14.2. The fraction of sp³-hybridized carbons (Fsp3) is 0.720. The highest BCUT2D eigenvalue weighted by Crippen LogP contribution is 2.56. The molecule has 6 fully saturated rings. The largest absolute Gasteiger partial charge is 0.586 e. The van der Waals surface area contributed by atoms with Crippen molar-refractivity contribution in [3.8, 4) is 11.5 Å². The monoisotopic (exact) mass is 460 g/mol. The van der Waals surface area contributed by atoms with Crippen LogP contribution < -0.4 is 14.8 Å². The SMILES string of the molecule is O=C(NC1C2CC3CC1CC(O)(C3)C2)N1C2CC[C@H]1CC(c1cccc3c1OC(F)(F)O3)C2. The van der Waals surface area contributed by atoms with Crippen LogP contribution in [-0.2, 0) is 0 Å². The molecule has 5 atom stereocenters. The van der Waals surface area contributed by atoms with Gasteiger partial charge >= 0.3 is 12.3 Å². The number of halogens is 2. The number of carbonyl (C=O) groups is 1. The first-order chi connectivity index (χ1) is 15.8. The van der Waals surface area contributed by atoms with Crippen molar-refractivity contribution >= 4 is 6.03 Å². The van der Waals surface area contributed by atoms with Crippen molar-refractivity contribution in [3.63, 3.8) is 0 Å². The molecule has 4 unspecified atom stereocenters. The molecule has 4 aliphatic carbocycles. The highest BCUT2D eigenvalue weighted by atomic mass is 19.3. The van der Waals surface area contributed by atoms with Gasteiger partial charge in [0.2, 0.25) is 0 Å². The lowest BCUT2D eigenvalue weighted by atomic mass is 9.52. The summed E-state index contributed by atoms with van der Waals surface area (Å²) in [6.45, 7) is 0. The van der Waals surface area contributed by atoms with Crippen LogP contribution in [0.2, 0.25) is 0 Å². The minimum Gasteiger partial charge on any atom is -0.395 e. The smallest absolute Gasteiger partial charge is 0.395 e. The summed E-state index contributed by atoms with van der Waals surface area (Å²) >= 11 is 0. The molecule has 3 heterocycles. The number of para-hydroxylation sites is 1. The maximum atomic E-state index is 13.7. The number of nitrogens with zero attached hydrogens (tertiary/aromatic N) is 1. The van der Waals surface area contributed by atoms with Gasteiger partial charge in [0, 0.05) is 23.7 Å². The van der Waals surface area contributed by atoms with E-state index in [1.54, 1.807) is 6.07 Å². The van der Waals surface area contributed by atoms with Crippen LogP contribution in [0.5, 0.6) is 11.5 Å². The zero-order chi connectivity index (χ0) is 22.5. The van der Waals surface area contributed by atoms with Gasteiger partial charge in [-0.25, -0.2) is 4.79 Å². The first kappa shape index (κ1) is 20.3. The Morgan fingerprint density at radius 3 is 2.39 bits per heavy atom. The third-order valence-corrected chi connectivity index (χ3v) is 9.40. The van der Waals surface area contributed by atoms with Crippen LogP contribution >= 0.6 is 0 Å². The number of fused-ring (bicyclic) bond motifs is 3. The van der Waals surface area contributed by atoms with E-state index in [0.29, 0.717) is 17.8 Å². The minimum atomic E-state index is -3.62. The van der Waals surface area contributed by atoms with E-state index in [2.05, 4.69) is 10.1 Å². The first-order valence-corrected chi connectivity index (χ1v) is 12.5. The molecule has 2 amide bonds. The average molecular weight is 461 g/mol. The number of carbonyl (C=O) groups excluding carboxylic acids is 1. The molecule has 6 bridgehead atoms. The Morgan fingerprint density at radius 2 is 1.73 bits per heavy atom. The Morgan fingerprint density at radius 1 is 1.03 bits per heavy atom. The van der Waals surface area contributed by atoms with Crippen LogP contribution in [0.3, 0.4) is 0 Å². The van der Waals surface area contributed by atoms with Gasteiger partial charge in [-0.1, -0.05) is 12.1 Å². The lowest BCUT2D eigenvalue weighted by Gasteiger charge is -2.58. The summed E-state index contributed by atoms with van der Waals surface area (Å²) in [6, 6.07) is 5.50. The minimum absolute atomic E-state index is 0.0230. The Labute approximate surface area is 191 Å². The van der Waals surface area contributed by atoms with Gasteiger partial charge in [-0.15, -0.1) is 8.78 Å². The zero-order valence-electron chi connectivity index (χ0n) is 18.5. The van der Waals surface area contributed by atoms with E-state index >= 15 is 0 Å². The van der Waals surface area contributed by atoms with Gasteiger partial charge < -0.3 is 24.8 Å². The highest BCUT2D eigenvalue weighted by molar-refractivity contribution is 5.76. The molecule has 8 rings (SSSR count). The fourth-order valence-electron chi connectivity index (χ4n) is 8.51. The van der Waals surface area contributed by atoms with Gasteiger partial charge in [-0.2, -0.15) is 0 Å². The number of alkyl halides is 2. The summed E-state index contributed by atoms with van der Waals surface area (Å²) in [4.78, 5) is 15.5. The molecule has 8 heteroatoms. The standard InChI is InChI=1S/C25H30F2N2O4/c26-25(27)32-20-3-1-2-19(22(20)33-25)14-8-17-4-5-18(9-14)29(17)23(30)28-21-15-6-13-7-16(21)12-24(31,10-13)11-15/h1-3,13-18,21,31H,4-12H2,(H,28,30)/t13?,14?,15?,16?,17-,18?,21?,24?/m0/s1. The van der Waals surface area contributed by atoms with Crippen LogP contribution in [0.25, 0.3) is 0 Å². The molecule has 3 aliphatic heterocycles. The van der Waals surface area contributed by atoms with E-state index in [1.165, 1.54) is 6.07 Å². The molecule has 0 aromatic heterocycles. The number of amides is 2. The van der Waals surface area contributed by atoms with Gasteiger partial charge in [-0.05, 0) is 87.5 Å². The Hall–Kier alpha value is -2.09. The summed E-state index contributed by atoms with van der Waals surface area (Å²) in [5.41, 5.74) is 0.254.